The molecule has 0 unspecified atom stereocenters. The van der Waals surface area contributed by atoms with Gasteiger partial charge in [0.1, 0.15) is 0 Å². The van der Waals surface area contributed by atoms with Crippen molar-refractivity contribution in [2.24, 2.45) is 0 Å². The lowest BCUT2D eigenvalue weighted by Crippen LogP contribution is -2.34. The van der Waals surface area contributed by atoms with E-state index in [0.717, 1.165) is 4.90 Å². The van der Waals surface area contributed by atoms with Crippen molar-refractivity contribution in [1.29, 1.82) is 0 Å². The average molecular weight is 304 g/mol. The molecule has 0 aliphatic carbocycles. The highest BCUT2D eigenvalue weighted by atomic mass is 35.5. The Hall–Kier alpha value is -1.99. The van der Waals surface area contributed by atoms with Crippen molar-refractivity contribution in [3.05, 3.63) is 22.7 Å². The second kappa shape index (κ2) is 6.97. The first-order valence-electron chi connectivity index (χ1n) is 5.54. The van der Waals surface area contributed by atoms with Crippen LogP contribution in [0.3, 0.4) is 0 Å². The number of phenolic OH excluding ortho intramolecular Hbond substituents is 1. The Labute approximate surface area is 120 Å². The van der Waals surface area contributed by atoms with Crippen molar-refractivity contribution in [2.75, 3.05) is 20.2 Å². The van der Waals surface area contributed by atoms with Crippen LogP contribution in [0.25, 0.3) is 0 Å². The van der Waals surface area contributed by atoms with Crippen molar-refractivity contribution in [3.8, 4) is 11.5 Å². The third-order valence-corrected chi connectivity index (χ3v) is 2.67. The van der Waals surface area contributed by atoms with Gasteiger partial charge in [0.05, 0.1) is 20.2 Å². The Morgan fingerprint density at radius 1 is 1.25 bits per heavy atom. The van der Waals surface area contributed by atoms with Crippen LogP contribution < -0.4 is 4.74 Å². The zero-order valence-electron chi connectivity index (χ0n) is 10.7. The van der Waals surface area contributed by atoms with Crippen LogP contribution in [0.2, 0.25) is 5.02 Å². The van der Waals surface area contributed by atoms with E-state index in [2.05, 4.69) is 0 Å². The van der Waals surface area contributed by atoms with Crippen LogP contribution in [-0.2, 0) is 16.1 Å². The highest BCUT2D eigenvalue weighted by molar-refractivity contribution is 6.30. The third-order valence-electron chi connectivity index (χ3n) is 2.45. The number of ether oxygens (including phenoxy) is 1. The maximum atomic E-state index is 10.7. The van der Waals surface area contributed by atoms with E-state index in [9.17, 15) is 14.7 Å². The van der Waals surface area contributed by atoms with Gasteiger partial charge >= 0.3 is 11.9 Å². The predicted molar refractivity (Wildman–Crippen MR) is 70.2 cm³/mol. The van der Waals surface area contributed by atoms with Crippen LogP contribution in [0, 0.1) is 0 Å². The van der Waals surface area contributed by atoms with E-state index in [1.54, 1.807) is 0 Å². The number of hydrogen-bond donors (Lipinski definition) is 3. The van der Waals surface area contributed by atoms with Crippen molar-refractivity contribution < 1.29 is 29.6 Å². The van der Waals surface area contributed by atoms with E-state index >= 15 is 0 Å². The summed E-state index contributed by atoms with van der Waals surface area (Å²) in [7, 11) is 1.35. The van der Waals surface area contributed by atoms with Crippen molar-refractivity contribution in [3.63, 3.8) is 0 Å². The molecule has 0 atom stereocenters. The van der Waals surface area contributed by atoms with Gasteiger partial charge in [-0.2, -0.15) is 0 Å². The Morgan fingerprint density at radius 3 is 2.25 bits per heavy atom. The van der Waals surface area contributed by atoms with E-state index in [-0.39, 0.29) is 23.6 Å². The zero-order chi connectivity index (χ0) is 15.3. The van der Waals surface area contributed by atoms with Crippen molar-refractivity contribution in [1.82, 2.24) is 4.90 Å². The minimum absolute atomic E-state index is 0.0820. The molecule has 1 aromatic carbocycles. The van der Waals surface area contributed by atoms with Crippen LogP contribution >= 0.6 is 11.6 Å². The summed E-state index contributed by atoms with van der Waals surface area (Å²) in [6, 6.07) is 2.83. The summed E-state index contributed by atoms with van der Waals surface area (Å²) in [6.45, 7) is -1.03. The number of halogens is 1. The molecular weight excluding hydrogens is 290 g/mol. The number of aliphatic carboxylic acids is 2. The summed E-state index contributed by atoms with van der Waals surface area (Å²) in [4.78, 5) is 22.6. The molecule has 20 heavy (non-hydrogen) atoms. The highest BCUT2D eigenvalue weighted by Crippen LogP contribution is 2.34. The molecule has 1 rings (SSSR count). The molecule has 0 amide bonds. The Bertz CT molecular complexity index is 503. The third kappa shape index (κ3) is 4.60. The molecule has 7 nitrogen and oxygen atoms in total. The quantitative estimate of drug-likeness (QED) is 0.690. The van der Waals surface area contributed by atoms with Gasteiger partial charge in [-0.3, -0.25) is 14.5 Å². The molecule has 1 aromatic rings. The number of hydrogen-bond acceptors (Lipinski definition) is 5. The number of carboxylic acids is 2. The van der Waals surface area contributed by atoms with E-state index < -0.39 is 25.0 Å². The maximum absolute atomic E-state index is 10.7. The molecule has 8 heteroatoms. The Morgan fingerprint density at radius 2 is 1.80 bits per heavy atom. The fraction of sp³-hybridized carbons (Fsp3) is 0.333. The summed E-state index contributed by atoms with van der Waals surface area (Å²) in [6.07, 6.45) is 0. The predicted octanol–water partition coefficient (Wildman–Crippen LogP) is 1.03. The molecule has 110 valence electrons. The number of rotatable bonds is 7. The lowest BCUT2D eigenvalue weighted by atomic mass is 10.1. The van der Waals surface area contributed by atoms with Gasteiger partial charge < -0.3 is 20.1 Å². The van der Waals surface area contributed by atoms with E-state index in [4.69, 9.17) is 26.6 Å². The van der Waals surface area contributed by atoms with Gasteiger partial charge in [-0.15, -0.1) is 0 Å². The van der Waals surface area contributed by atoms with Crippen LogP contribution in [0.5, 0.6) is 11.5 Å². The normalized spacial score (nSPS) is 10.6. The van der Waals surface area contributed by atoms with Gasteiger partial charge in [0.25, 0.3) is 0 Å². The number of methoxy groups -OCH3 is 1. The molecule has 0 radical (unpaired) electrons. The summed E-state index contributed by atoms with van der Waals surface area (Å²) >= 11 is 5.85. The number of aromatic hydroxyl groups is 1. The maximum Gasteiger partial charge on any atom is 0.317 e. The minimum atomic E-state index is -1.17. The van der Waals surface area contributed by atoms with Gasteiger partial charge in [0.2, 0.25) is 0 Å². The fourth-order valence-electron chi connectivity index (χ4n) is 1.70. The molecule has 3 N–H and O–H groups in total. The highest BCUT2D eigenvalue weighted by Gasteiger charge is 2.18. The van der Waals surface area contributed by atoms with Crippen LogP contribution in [0.4, 0.5) is 0 Å². The minimum Gasteiger partial charge on any atom is -0.504 e. The number of benzene rings is 1. The van der Waals surface area contributed by atoms with E-state index in [1.165, 1.54) is 19.2 Å². The number of nitrogens with zero attached hydrogens (tertiary/aromatic N) is 1. The van der Waals surface area contributed by atoms with E-state index in [0.29, 0.717) is 5.02 Å². The lowest BCUT2D eigenvalue weighted by molar-refractivity contribution is -0.142. The van der Waals surface area contributed by atoms with Gasteiger partial charge in [0.15, 0.2) is 11.5 Å². The average Bonchev–Trinajstić information content (AvgIpc) is 2.31. The van der Waals surface area contributed by atoms with Gasteiger partial charge in [-0.1, -0.05) is 11.6 Å². The first-order chi connectivity index (χ1) is 9.33. The van der Waals surface area contributed by atoms with Crippen LogP contribution in [0.15, 0.2) is 12.1 Å². The number of carbonyl (C=O) groups is 2. The van der Waals surface area contributed by atoms with Crippen molar-refractivity contribution >= 4 is 23.5 Å². The molecule has 0 saturated carbocycles. The molecule has 0 aliphatic heterocycles. The second-order valence-corrected chi connectivity index (χ2v) is 4.48. The smallest absolute Gasteiger partial charge is 0.317 e. The van der Waals surface area contributed by atoms with Crippen molar-refractivity contribution in [2.45, 2.75) is 6.54 Å². The molecular formula is C12H14ClNO6. The summed E-state index contributed by atoms with van der Waals surface area (Å²) in [5.74, 6) is -2.39. The molecule has 0 aliphatic rings. The topological polar surface area (TPSA) is 107 Å². The standard InChI is InChI=1S/C12H14ClNO6/c1-20-9-3-8(13)2-7(12(9)19)4-14(5-10(15)16)6-11(17)18/h2-3,19H,4-6H2,1H3,(H,15,16)(H,17,18). The molecule has 0 saturated heterocycles. The summed E-state index contributed by atoms with van der Waals surface area (Å²) < 4.78 is 4.92. The lowest BCUT2D eigenvalue weighted by Gasteiger charge is -2.19. The van der Waals surface area contributed by atoms with Gasteiger partial charge in [0, 0.05) is 23.2 Å². The number of carboxylic acid groups (broad SMARTS) is 2. The first kappa shape index (κ1) is 16.1. The fourth-order valence-corrected chi connectivity index (χ4v) is 1.93. The monoisotopic (exact) mass is 303 g/mol. The van der Waals surface area contributed by atoms with Crippen LogP contribution in [-0.4, -0.2) is 52.4 Å². The first-order valence-corrected chi connectivity index (χ1v) is 5.92. The largest absolute Gasteiger partial charge is 0.504 e. The molecule has 0 heterocycles. The summed E-state index contributed by atoms with van der Waals surface area (Å²) in [5, 5.41) is 27.7. The van der Waals surface area contributed by atoms with E-state index in [1.807, 2.05) is 0 Å². The van der Waals surface area contributed by atoms with Crippen LogP contribution in [0.1, 0.15) is 5.56 Å². The second-order valence-electron chi connectivity index (χ2n) is 4.05. The number of phenols is 1. The molecule has 0 spiro atoms. The van der Waals surface area contributed by atoms with Gasteiger partial charge in [-0.25, -0.2) is 0 Å². The Kier molecular flexibility index (Phi) is 5.60. The Balaban J connectivity index is 3.00. The molecule has 0 fully saturated rings. The van der Waals surface area contributed by atoms with Gasteiger partial charge in [-0.05, 0) is 6.07 Å². The SMILES string of the molecule is COc1cc(Cl)cc(CN(CC(=O)O)CC(=O)O)c1O. The molecule has 0 aromatic heterocycles. The molecule has 0 bridgehead atoms. The zero-order valence-corrected chi connectivity index (χ0v) is 11.4. The summed E-state index contributed by atoms with van der Waals surface area (Å²) in [5.41, 5.74) is 0.289.